The van der Waals surface area contributed by atoms with Crippen LogP contribution in [0.15, 0.2) is 96.2 Å². The van der Waals surface area contributed by atoms with E-state index in [1.807, 2.05) is 67.6 Å². The van der Waals surface area contributed by atoms with E-state index in [2.05, 4.69) is 15.7 Å². The molecule has 0 unspecified atom stereocenters. The van der Waals surface area contributed by atoms with Crippen LogP contribution in [0.1, 0.15) is 33.2 Å². The zero-order valence-electron chi connectivity index (χ0n) is 24.7. The summed E-state index contributed by atoms with van der Waals surface area (Å²) in [6.07, 6.45) is -1.93. The van der Waals surface area contributed by atoms with Crippen molar-refractivity contribution in [3.8, 4) is 0 Å². The Kier molecular flexibility index (Phi) is 8.14. The monoisotopic (exact) mass is 626 g/mol. The first-order valence-corrected chi connectivity index (χ1v) is 14.5. The van der Waals surface area contributed by atoms with E-state index in [1.54, 1.807) is 31.3 Å². The number of hydrogen-bond acceptors (Lipinski definition) is 9. The molecule has 0 aliphatic carbocycles. The second-order valence-electron chi connectivity index (χ2n) is 10.7. The van der Waals surface area contributed by atoms with Crippen molar-refractivity contribution in [3.63, 3.8) is 0 Å². The van der Waals surface area contributed by atoms with Gasteiger partial charge in [0.15, 0.2) is 12.3 Å². The van der Waals surface area contributed by atoms with Gasteiger partial charge in [0.2, 0.25) is 4.77 Å². The van der Waals surface area contributed by atoms with Gasteiger partial charge >= 0.3 is 5.97 Å². The summed E-state index contributed by atoms with van der Waals surface area (Å²) >= 11 is 5.42. The Hall–Kier alpha value is -4.98. The molecule has 3 heterocycles. The third-order valence-electron chi connectivity index (χ3n) is 7.79. The maximum absolute atomic E-state index is 14.2. The highest BCUT2D eigenvalue weighted by Crippen LogP contribution is 2.42. The Morgan fingerprint density at radius 3 is 2.20 bits per heavy atom. The second-order valence-corrected chi connectivity index (χ2v) is 11.1. The van der Waals surface area contributed by atoms with Crippen molar-refractivity contribution in [2.45, 2.75) is 31.5 Å². The van der Waals surface area contributed by atoms with Gasteiger partial charge in [0, 0.05) is 25.3 Å². The van der Waals surface area contributed by atoms with Crippen molar-refractivity contribution in [3.05, 3.63) is 123 Å². The molecule has 1 aromatic heterocycles. The predicted molar refractivity (Wildman–Crippen MR) is 163 cm³/mol. The van der Waals surface area contributed by atoms with Gasteiger partial charge in [-0.15, -0.1) is 0 Å². The Balaban J connectivity index is 1.37. The number of ether oxygens (including phenoxy) is 3. The SMILES string of the molecule is CO[C@@]1(NC(=O)c2ccc(C)cc2)C(=O)N2C(C(=O)OC(c3ccccc3)c3ccccc3)=C(Cn3nnn(C)c3=S)CO[C@@H]21. The molecule has 2 aliphatic rings. The Morgan fingerprint density at radius 1 is 1.02 bits per heavy atom. The third kappa shape index (κ3) is 5.45. The van der Waals surface area contributed by atoms with Gasteiger partial charge in [0.25, 0.3) is 17.5 Å². The fourth-order valence-corrected chi connectivity index (χ4v) is 5.52. The molecular weight excluding hydrogens is 596 g/mol. The summed E-state index contributed by atoms with van der Waals surface area (Å²) in [7, 11) is 2.95. The molecule has 6 rings (SSSR count). The van der Waals surface area contributed by atoms with E-state index in [-0.39, 0.29) is 18.8 Å². The Labute approximate surface area is 263 Å². The van der Waals surface area contributed by atoms with E-state index < -0.39 is 35.8 Å². The van der Waals surface area contributed by atoms with E-state index in [0.717, 1.165) is 21.6 Å². The van der Waals surface area contributed by atoms with Crippen LogP contribution in [-0.4, -0.2) is 68.1 Å². The maximum atomic E-state index is 14.2. The number of amides is 2. The second kappa shape index (κ2) is 12.2. The molecule has 2 aliphatic heterocycles. The largest absolute Gasteiger partial charge is 0.448 e. The number of esters is 1. The molecule has 1 N–H and O–H groups in total. The highest BCUT2D eigenvalue weighted by molar-refractivity contribution is 7.71. The lowest BCUT2D eigenvalue weighted by molar-refractivity contribution is -0.256. The van der Waals surface area contributed by atoms with E-state index in [1.165, 1.54) is 16.5 Å². The number of aryl methyl sites for hydroxylation is 2. The number of nitrogens with one attached hydrogen (secondary N) is 1. The number of methoxy groups -OCH3 is 1. The molecule has 2 atom stereocenters. The van der Waals surface area contributed by atoms with Crippen molar-refractivity contribution < 1.29 is 28.6 Å². The average Bonchev–Trinajstić information content (AvgIpc) is 3.38. The number of tetrazole rings is 1. The number of carbonyl (C=O) groups excluding carboxylic acids is 3. The first-order valence-electron chi connectivity index (χ1n) is 14.1. The summed E-state index contributed by atoms with van der Waals surface area (Å²) in [5.41, 5.74) is 1.26. The van der Waals surface area contributed by atoms with Crippen molar-refractivity contribution in [2.75, 3.05) is 13.7 Å². The number of benzene rings is 3. The van der Waals surface area contributed by atoms with Crippen LogP contribution in [-0.2, 0) is 37.4 Å². The molecular formula is C32H30N6O6S. The molecule has 2 amide bonds. The number of aromatic nitrogens is 4. The molecule has 12 nitrogen and oxygen atoms in total. The number of rotatable bonds is 9. The average molecular weight is 627 g/mol. The highest BCUT2D eigenvalue weighted by atomic mass is 32.1. The van der Waals surface area contributed by atoms with Gasteiger partial charge in [-0.25, -0.2) is 14.2 Å². The van der Waals surface area contributed by atoms with Gasteiger partial charge in [-0.1, -0.05) is 78.4 Å². The molecule has 0 radical (unpaired) electrons. The van der Waals surface area contributed by atoms with Gasteiger partial charge in [-0.05, 0) is 52.8 Å². The van der Waals surface area contributed by atoms with Gasteiger partial charge < -0.3 is 19.5 Å². The van der Waals surface area contributed by atoms with Crippen LogP contribution in [0.5, 0.6) is 0 Å². The molecule has 3 aromatic carbocycles. The zero-order chi connectivity index (χ0) is 31.7. The van der Waals surface area contributed by atoms with Crippen molar-refractivity contribution in [1.82, 2.24) is 30.0 Å². The summed E-state index contributed by atoms with van der Waals surface area (Å²) in [5, 5.41) is 10.7. The number of carbonyl (C=O) groups is 3. The van der Waals surface area contributed by atoms with Crippen LogP contribution >= 0.6 is 12.2 Å². The standard InChI is InChI=1S/C32H30N6O6S/c1-20-14-16-23(17-15-20)27(39)33-32(42-3)29(41)38-25(24(19-43-30(32)38)18-37-31(45)36(2)34-35-37)28(40)44-26(21-10-6-4-7-11-21)22-12-8-5-9-13-22/h4-17,26,30H,18-19H2,1-3H3,(H,33,39)/t30-,32+/m1/s1. The van der Waals surface area contributed by atoms with E-state index >= 15 is 0 Å². The van der Waals surface area contributed by atoms with Gasteiger partial charge in [0.1, 0.15) is 5.70 Å². The minimum atomic E-state index is -1.87. The molecule has 0 bridgehead atoms. The number of nitrogens with zero attached hydrogens (tertiary/aromatic N) is 5. The Morgan fingerprint density at radius 2 is 1.64 bits per heavy atom. The first kappa shape index (κ1) is 30.1. The summed E-state index contributed by atoms with van der Waals surface area (Å²) < 4.78 is 21.0. The highest BCUT2D eigenvalue weighted by Gasteiger charge is 2.67. The summed E-state index contributed by atoms with van der Waals surface area (Å²) in [6, 6.07) is 25.5. The lowest BCUT2D eigenvalue weighted by atomic mass is 9.93. The quantitative estimate of drug-likeness (QED) is 0.129. The number of hydrogen-bond donors (Lipinski definition) is 1. The summed E-state index contributed by atoms with van der Waals surface area (Å²) in [5.74, 6) is -2.00. The van der Waals surface area contributed by atoms with Crippen molar-refractivity contribution in [2.24, 2.45) is 7.05 Å². The van der Waals surface area contributed by atoms with Gasteiger partial charge in [0.05, 0.1) is 13.2 Å². The lowest BCUT2D eigenvalue weighted by Gasteiger charge is -2.55. The normalized spacial score (nSPS) is 19.2. The molecule has 0 saturated carbocycles. The lowest BCUT2D eigenvalue weighted by Crippen LogP contribution is -2.82. The van der Waals surface area contributed by atoms with Crippen LogP contribution in [0.2, 0.25) is 0 Å². The van der Waals surface area contributed by atoms with E-state index in [0.29, 0.717) is 15.9 Å². The van der Waals surface area contributed by atoms with E-state index in [4.69, 9.17) is 26.4 Å². The smallest absolute Gasteiger partial charge is 0.356 e. The topological polar surface area (TPSA) is 130 Å². The van der Waals surface area contributed by atoms with Crippen molar-refractivity contribution in [1.29, 1.82) is 0 Å². The van der Waals surface area contributed by atoms with Crippen LogP contribution in [0.3, 0.4) is 0 Å². The van der Waals surface area contributed by atoms with Crippen molar-refractivity contribution >= 4 is 30.0 Å². The van der Waals surface area contributed by atoms with Gasteiger partial charge in [-0.2, -0.15) is 0 Å². The molecule has 0 spiro atoms. The van der Waals surface area contributed by atoms with Crippen LogP contribution in [0.4, 0.5) is 0 Å². The van der Waals surface area contributed by atoms with Crippen LogP contribution in [0.25, 0.3) is 0 Å². The minimum absolute atomic E-state index is 0.00462. The Bertz CT molecular complexity index is 1800. The van der Waals surface area contributed by atoms with E-state index in [9.17, 15) is 14.4 Å². The fraction of sp³-hybridized carbons (Fsp3) is 0.250. The third-order valence-corrected chi connectivity index (χ3v) is 8.26. The first-order chi connectivity index (χ1) is 21.7. The minimum Gasteiger partial charge on any atom is -0.448 e. The predicted octanol–water partition coefficient (Wildman–Crippen LogP) is 3.21. The molecule has 230 valence electrons. The maximum Gasteiger partial charge on any atom is 0.356 e. The number of fused-ring (bicyclic) bond motifs is 1. The summed E-state index contributed by atoms with van der Waals surface area (Å²) in [4.78, 5) is 42.6. The molecule has 45 heavy (non-hydrogen) atoms. The molecule has 4 aromatic rings. The number of β-lactam (4-membered cyclic amide) rings is 1. The fourth-order valence-electron chi connectivity index (χ4n) is 5.38. The zero-order valence-corrected chi connectivity index (χ0v) is 25.6. The molecule has 1 saturated heterocycles. The van der Waals surface area contributed by atoms with Gasteiger partial charge in [-0.3, -0.25) is 14.5 Å². The van der Waals surface area contributed by atoms with Crippen LogP contribution in [0, 0.1) is 11.7 Å². The molecule has 1 fully saturated rings. The van der Waals surface area contributed by atoms with Crippen LogP contribution < -0.4 is 5.32 Å². The summed E-state index contributed by atoms with van der Waals surface area (Å²) in [6.45, 7) is 1.80. The molecule has 13 heteroatoms.